The van der Waals surface area contributed by atoms with Crippen LogP contribution in [0.25, 0.3) is 10.9 Å². The highest BCUT2D eigenvalue weighted by Gasteiger charge is 2.31. The molecule has 2 saturated heterocycles. The third-order valence-electron chi connectivity index (χ3n) is 6.64. The molecule has 2 aromatic heterocycles. The summed E-state index contributed by atoms with van der Waals surface area (Å²) < 4.78 is 42.3. The molecule has 2 aliphatic rings. The molecule has 2 aliphatic heterocycles. The van der Waals surface area contributed by atoms with Crippen LogP contribution >= 0.6 is 0 Å². The highest BCUT2D eigenvalue weighted by Crippen LogP contribution is 2.28. The van der Waals surface area contributed by atoms with Crippen LogP contribution in [0.3, 0.4) is 0 Å². The van der Waals surface area contributed by atoms with Gasteiger partial charge < -0.3 is 19.9 Å². The molecule has 11 heteroatoms. The second-order valence-electron chi connectivity index (χ2n) is 9.31. The van der Waals surface area contributed by atoms with Crippen LogP contribution in [-0.4, -0.2) is 71.4 Å². The van der Waals surface area contributed by atoms with Crippen LogP contribution in [0, 0.1) is 17.2 Å². The first-order valence-electron chi connectivity index (χ1n) is 11.9. The molecular formula is C25H26F3N7O. The third-order valence-corrected chi connectivity index (χ3v) is 6.64. The van der Waals surface area contributed by atoms with Gasteiger partial charge in [0.05, 0.1) is 23.3 Å². The van der Waals surface area contributed by atoms with E-state index in [1.54, 1.807) is 0 Å². The number of pyridine rings is 1. The summed E-state index contributed by atoms with van der Waals surface area (Å²) in [5.41, 5.74) is 2.38. The molecule has 1 aromatic carbocycles. The van der Waals surface area contributed by atoms with E-state index in [0.717, 1.165) is 51.3 Å². The van der Waals surface area contributed by atoms with Gasteiger partial charge in [0.2, 0.25) is 5.88 Å². The number of nitrogens with one attached hydrogen (secondary N) is 1. The number of likely N-dealkylation sites (tertiary alicyclic amines) is 1. The summed E-state index contributed by atoms with van der Waals surface area (Å²) in [4.78, 5) is 17.2. The average Bonchev–Trinajstić information content (AvgIpc) is 2.85. The van der Waals surface area contributed by atoms with E-state index in [9.17, 15) is 13.2 Å². The highest BCUT2D eigenvalue weighted by atomic mass is 19.4. The van der Waals surface area contributed by atoms with Crippen molar-refractivity contribution >= 4 is 22.4 Å². The molecule has 188 valence electrons. The summed E-state index contributed by atoms with van der Waals surface area (Å²) in [6, 6.07) is 11.5. The Bertz CT molecular complexity index is 1230. The van der Waals surface area contributed by atoms with Crippen molar-refractivity contribution in [2.24, 2.45) is 5.92 Å². The lowest BCUT2D eigenvalue weighted by Gasteiger charge is -2.44. The van der Waals surface area contributed by atoms with Crippen molar-refractivity contribution in [1.82, 2.24) is 19.9 Å². The molecule has 36 heavy (non-hydrogen) atoms. The number of nitrogens with zero attached hydrogens (tertiary/aromatic N) is 6. The average molecular weight is 498 g/mol. The Kier molecular flexibility index (Phi) is 6.78. The van der Waals surface area contributed by atoms with E-state index < -0.39 is 12.8 Å². The Morgan fingerprint density at radius 3 is 2.53 bits per heavy atom. The summed E-state index contributed by atoms with van der Waals surface area (Å²) in [5.74, 6) is 1.09. The Labute approximate surface area is 206 Å². The maximum absolute atomic E-state index is 12.5. The number of halogens is 3. The van der Waals surface area contributed by atoms with Gasteiger partial charge in [-0.2, -0.15) is 18.4 Å². The normalized spacial score (nSPS) is 17.6. The van der Waals surface area contributed by atoms with Crippen molar-refractivity contribution in [2.75, 3.05) is 49.5 Å². The smallest absolute Gasteiger partial charge is 0.422 e. The van der Waals surface area contributed by atoms with Gasteiger partial charge in [-0.05, 0) is 37.1 Å². The lowest BCUT2D eigenvalue weighted by Crippen LogP contribution is -2.53. The number of piperidine rings is 1. The van der Waals surface area contributed by atoms with Gasteiger partial charge in [-0.1, -0.05) is 0 Å². The molecule has 4 heterocycles. The molecule has 1 N–H and O–H groups in total. The SMILES string of the molecule is N#Cc1ccc(N2CC(CN3CCC(Nc4ncnc5cnc(OCC(F)(F)F)cc45)CC3)C2)cc1. The van der Waals surface area contributed by atoms with E-state index >= 15 is 0 Å². The number of hydrogen-bond acceptors (Lipinski definition) is 8. The van der Waals surface area contributed by atoms with Crippen molar-refractivity contribution in [2.45, 2.75) is 25.1 Å². The molecule has 2 fully saturated rings. The van der Waals surface area contributed by atoms with Crippen molar-refractivity contribution in [3.05, 3.63) is 48.4 Å². The minimum atomic E-state index is -4.43. The predicted octanol–water partition coefficient (Wildman–Crippen LogP) is 3.85. The van der Waals surface area contributed by atoms with Crippen LogP contribution in [0.1, 0.15) is 18.4 Å². The summed E-state index contributed by atoms with van der Waals surface area (Å²) >= 11 is 0. The molecule has 0 aliphatic carbocycles. The number of alkyl halides is 3. The van der Waals surface area contributed by atoms with E-state index in [4.69, 9.17) is 10.00 Å². The van der Waals surface area contributed by atoms with Gasteiger partial charge in [-0.25, -0.2) is 15.0 Å². The van der Waals surface area contributed by atoms with Gasteiger partial charge in [0.1, 0.15) is 12.1 Å². The summed E-state index contributed by atoms with van der Waals surface area (Å²) in [6.07, 6.45) is 0.282. The molecule has 3 aromatic rings. The molecule has 5 rings (SSSR count). The molecular weight excluding hydrogens is 471 g/mol. The number of nitriles is 1. The largest absolute Gasteiger partial charge is 0.468 e. The fraction of sp³-hybridized carbons (Fsp3) is 0.440. The second kappa shape index (κ2) is 10.1. The summed E-state index contributed by atoms with van der Waals surface area (Å²) in [6.45, 7) is 3.63. The minimum Gasteiger partial charge on any atom is -0.468 e. The standard InChI is InChI=1S/C25H26F3N7O/c26-25(27,28)15-36-23-9-21-22(11-30-23)31-16-32-24(21)33-19-5-7-34(8-6-19)12-18-13-35(14-18)20-3-1-17(10-29)2-4-20/h1-4,9,11,16,18-19H,5-8,12-15H2,(H,31,32,33). The number of hydrogen-bond donors (Lipinski definition) is 1. The summed E-state index contributed by atoms with van der Waals surface area (Å²) in [5, 5.41) is 13.0. The number of benzene rings is 1. The van der Waals surface area contributed by atoms with Crippen LogP contribution < -0.4 is 15.0 Å². The third kappa shape index (κ3) is 5.76. The van der Waals surface area contributed by atoms with Crippen LogP contribution in [0.5, 0.6) is 5.88 Å². The monoisotopic (exact) mass is 497 g/mol. The van der Waals surface area contributed by atoms with Gasteiger partial charge in [0, 0.05) is 61.8 Å². The van der Waals surface area contributed by atoms with E-state index in [1.807, 2.05) is 24.3 Å². The topological polar surface area (TPSA) is 90.2 Å². The summed E-state index contributed by atoms with van der Waals surface area (Å²) in [7, 11) is 0. The lowest BCUT2D eigenvalue weighted by atomic mass is 9.96. The molecule has 0 unspecified atom stereocenters. The lowest BCUT2D eigenvalue weighted by molar-refractivity contribution is -0.154. The molecule has 8 nitrogen and oxygen atoms in total. The molecule has 0 radical (unpaired) electrons. The van der Waals surface area contributed by atoms with Gasteiger partial charge >= 0.3 is 6.18 Å². The molecule has 0 bridgehead atoms. The molecule has 0 atom stereocenters. The van der Waals surface area contributed by atoms with Gasteiger partial charge in [-0.15, -0.1) is 0 Å². The zero-order valence-corrected chi connectivity index (χ0v) is 19.6. The van der Waals surface area contributed by atoms with E-state index in [2.05, 4.69) is 36.1 Å². The number of fused-ring (bicyclic) bond motifs is 1. The van der Waals surface area contributed by atoms with Crippen LogP contribution in [-0.2, 0) is 0 Å². The van der Waals surface area contributed by atoms with Gasteiger partial charge in [0.15, 0.2) is 6.61 Å². The quantitative estimate of drug-likeness (QED) is 0.527. The first kappa shape index (κ1) is 24.1. The molecule has 0 amide bonds. The van der Waals surface area contributed by atoms with E-state index in [0.29, 0.717) is 28.2 Å². The number of ether oxygens (including phenoxy) is 1. The Morgan fingerprint density at radius 1 is 1.08 bits per heavy atom. The first-order valence-corrected chi connectivity index (χ1v) is 11.9. The predicted molar refractivity (Wildman–Crippen MR) is 129 cm³/mol. The zero-order chi connectivity index (χ0) is 25.1. The van der Waals surface area contributed by atoms with Crippen molar-refractivity contribution < 1.29 is 17.9 Å². The van der Waals surface area contributed by atoms with E-state index in [1.165, 1.54) is 18.6 Å². The minimum absolute atomic E-state index is 0.108. The highest BCUT2D eigenvalue weighted by molar-refractivity contribution is 5.89. The van der Waals surface area contributed by atoms with Gasteiger partial charge in [0.25, 0.3) is 0 Å². The molecule has 0 saturated carbocycles. The van der Waals surface area contributed by atoms with Crippen LogP contribution in [0.2, 0.25) is 0 Å². The number of aromatic nitrogens is 3. The Morgan fingerprint density at radius 2 is 1.83 bits per heavy atom. The zero-order valence-electron chi connectivity index (χ0n) is 19.6. The van der Waals surface area contributed by atoms with Crippen LogP contribution in [0.15, 0.2) is 42.9 Å². The number of rotatable bonds is 7. The Hall–Kier alpha value is -3.65. The van der Waals surface area contributed by atoms with E-state index in [-0.39, 0.29) is 11.9 Å². The maximum Gasteiger partial charge on any atom is 0.422 e. The van der Waals surface area contributed by atoms with Crippen molar-refractivity contribution in [3.63, 3.8) is 0 Å². The fourth-order valence-electron chi connectivity index (χ4n) is 4.75. The van der Waals surface area contributed by atoms with Crippen molar-refractivity contribution in [3.8, 4) is 11.9 Å². The Balaban J connectivity index is 1.11. The van der Waals surface area contributed by atoms with Crippen LogP contribution in [0.4, 0.5) is 24.7 Å². The molecule has 0 spiro atoms. The van der Waals surface area contributed by atoms with Crippen molar-refractivity contribution in [1.29, 1.82) is 5.26 Å². The number of anilines is 2. The maximum atomic E-state index is 12.5. The fourth-order valence-corrected chi connectivity index (χ4v) is 4.75. The second-order valence-corrected chi connectivity index (χ2v) is 9.31. The van der Waals surface area contributed by atoms with Gasteiger partial charge in [-0.3, -0.25) is 0 Å². The first-order chi connectivity index (χ1) is 17.4.